The molecule has 1 atom stereocenters. The number of hydrogen-bond acceptors (Lipinski definition) is 6. The first-order chi connectivity index (χ1) is 13.4. The Balaban J connectivity index is 2.34. The summed E-state index contributed by atoms with van der Waals surface area (Å²) in [5.74, 6) is -0.0387. The molecule has 0 radical (unpaired) electrons. The van der Waals surface area contributed by atoms with Crippen LogP contribution in [0, 0.1) is 12.1 Å². The first kappa shape index (κ1) is 21.4. The van der Waals surface area contributed by atoms with Crippen molar-refractivity contribution >= 4 is 23.4 Å². The van der Waals surface area contributed by atoms with Crippen LogP contribution >= 0.6 is 11.8 Å². The molecule has 0 aliphatic heterocycles. The average molecular weight is 401 g/mol. The monoisotopic (exact) mass is 401 g/mol. The summed E-state index contributed by atoms with van der Waals surface area (Å²) < 4.78 is 10.4. The van der Waals surface area contributed by atoms with E-state index in [0.717, 1.165) is 10.5 Å². The van der Waals surface area contributed by atoms with Gasteiger partial charge in [-0.3, -0.25) is 5.21 Å². The minimum atomic E-state index is -0.505. The highest BCUT2D eigenvalue weighted by Crippen LogP contribution is 2.40. The lowest BCUT2D eigenvalue weighted by molar-refractivity contribution is -0.727. The number of esters is 1. The second-order valence-corrected chi connectivity index (χ2v) is 7.11. The molecule has 0 amide bonds. The fourth-order valence-electron chi connectivity index (χ4n) is 2.38. The normalized spacial score (nSPS) is 13.1. The third kappa shape index (κ3) is 6.06. The Hall–Kier alpha value is -2.93. The van der Waals surface area contributed by atoms with Gasteiger partial charge in [-0.1, -0.05) is 35.9 Å². The van der Waals surface area contributed by atoms with Crippen molar-refractivity contribution in [2.75, 3.05) is 6.61 Å². The Kier molecular flexibility index (Phi) is 7.95. The molecule has 0 saturated carbocycles. The summed E-state index contributed by atoms with van der Waals surface area (Å²) in [6.45, 7) is 5.55. The van der Waals surface area contributed by atoms with Crippen molar-refractivity contribution < 1.29 is 24.4 Å². The average Bonchev–Trinajstić information content (AvgIpc) is 2.68. The molecule has 2 aromatic carbocycles. The summed E-state index contributed by atoms with van der Waals surface area (Å²) in [6, 6.07) is 15.0. The molecular weight excluding hydrogens is 378 g/mol. The Bertz CT molecular complexity index is 857. The molecule has 0 fully saturated rings. The molecule has 0 aliphatic rings. The molecule has 1 unspecified atom stereocenters. The first-order valence-electron chi connectivity index (χ1n) is 8.74. The summed E-state index contributed by atoms with van der Waals surface area (Å²) in [5, 5.41) is 20.6. The molecule has 1 N–H and O–H groups in total. The van der Waals surface area contributed by atoms with E-state index in [9.17, 15) is 15.2 Å². The second-order valence-electron chi connectivity index (χ2n) is 5.94. The topological polar surface area (TPSA) is 81.8 Å². The number of carbonyl (C=O) groups is 1. The number of ether oxygens (including phenoxy) is 2. The molecule has 7 heteroatoms. The Morgan fingerprint density at radius 3 is 2.57 bits per heavy atom. The molecule has 2 aromatic rings. The molecule has 0 heterocycles. The van der Waals surface area contributed by atoms with Crippen LogP contribution in [0.2, 0.25) is 0 Å². The second kappa shape index (κ2) is 10.4. The predicted molar refractivity (Wildman–Crippen MR) is 109 cm³/mol. The lowest BCUT2D eigenvalue weighted by Crippen LogP contribution is -2.16. The van der Waals surface area contributed by atoms with Crippen LogP contribution in [0.15, 0.2) is 65.8 Å². The summed E-state index contributed by atoms with van der Waals surface area (Å²) in [6.07, 6.45) is 2.43. The lowest BCUT2D eigenvalue weighted by atomic mass is 10.1. The van der Waals surface area contributed by atoms with Crippen molar-refractivity contribution in [2.24, 2.45) is 0 Å². The summed E-state index contributed by atoms with van der Waals surface area (Å²) in [4.78, 5) is 12.3. The van der Waals surface area contributed by atoms with E-state index in [0.29, 0.717) is 11.3 Å². The van der Waals surface area contributed by atoms with Crippen LogP contribution in [0.5, 0.6) is 5.75 Å². The van der Waals surface area contributed by atoms with Gasteiger partial charge in [0, 0.05) is 22.3 Å². The van der Waals surface area contributed by atoms with Crippen molar-refractivity contribution in [3.05, 3.63) is 77.2 Å². The molecule has 2 rings (SSSR count). The highest BCUT2D eigenvalue weighted by Gasteiger charge is 2.27. The SMILES string of the molecule is CCOC(=O)/C=C/Oc1ccccc1C(Sc1ccc(C)cc1)/C(C)=[N+](\[O-])O. The van der Waals surface area contributed by atoms with Crippen LogP contribution in [-0.2, 0) is 9.53 Å². The highest BCUT2D eigenvalue weighted by molar-refractivity contribution is 8.00. The minimum absolute atomic E-state index is 0.128. The van der Waals surface area contributed by atoms with E-state index >= 15 is 0 Å². The summed E-state index contributed by atoms with van der Waals surface area (Å²) >= 11 is 1.41. The van der Waals surface area contributed by atoms with Gasteiger partial charge in [0.25, 0.3) is 0 Å². The smallest absolute Gasteiger partial charge is 0.333 e. The van der Waals surface area contributed by atoms with Gasteiger partial charge in [-0.25, -0.2) is 4.79 Å². The van der Waals surface area contributed by atoms with Crippen LogP contribution in [0.25, 0.3) is 0 Å². The van der Waals surface area contributed by atoms with Crippen LogP contribution < -0.4 is 4.74 Å². The predicted octanol–water partition coefficient (Wildman–Crippen LogP) is 4.64. The standard InChI is InChI=1S/C21H23NO5S/c1-4-26-20(23)13-14-27-19-8-6-5-7-18(19)21(16(3)22(24)25)28-17-11-9-15(2)10-12-17/h5-14,21H,4H2,1-3H3,(H,24,25)/b14-13+. The van der Waals surface area contributed by atoms with Gasteiger partial charge in [0.05, 0.1) is 18.9 Å². The number of hydrogen-bond donors (Lipinski definition) is 1. The third-order valence-electron chi connectivity index (χ3n) is 3.84. The van der Waals surface area contributed by atoms with E-state index in [1.807, 2.05) is 43.3 Å². The van der Waals surface area contributed by atoms with Gasteiger partial charge in [0.2, 0.25) is 5.71 Å². The van der Waals surface area contributed by atoms with Crippen molar-refractivity contribution in [3.63, 3.8) is 0 Å². The van der Waals surface area contributed by atoms with E-state index in [1.54, 1.807) is 26.0 Å². The largest absolute Gasteiger partial charge is 0.464 e. The van der Waals surface area contributed by atoms with Crippen molar-refractivity contribution in [2.45, 2.75) is 30.9 Å². The maximum atomic E-state index is 11.6. The summed E-state index contributed by atoms with van der Waals surface area (Å²) in [5.41, 5.74) is 2.02. The van der Waals surface area contributed by atoms with Gasteiger partial charge in [-0.15, -0.1) is 11.8 Å². The lowest BCUT2D eigenvalue weighted by Gasteiger charge is -2.17. The highest BCUT2D eigenvalue weighted by atomic mass is 32.2. The number of benzene rings is 2. The first-order valence-corrected chi connectivity index (χ1v) is 9.62. The van der Waals surface area contributed by atoms with Gasteiger partial charge in [-0.2, -0.15) is 0 Å². The van der Waals surface area contributed by atoms with Gasteiger partial charge in [-0.05, 0) is 32.0 Å². The minimum Gasteiger partial charge on any atom is -0.464 e. The van der Waals surface area contributed by atoms with Gasteiger partial charge in [0.15, 0.2) is 0 Å². The van der Waals surface area contributed by atoms with E-state index in [4.69, 9.17) is 9.47 Å². The van der Waals surface area contributed by atoms with E-state index < -0.39 is 11.2 Å². The quantitative estimate of drug-likeness (QED) is 0.101. The van der Waals surface area contributed by atoms with E-state index in [1.165, 1.54) is 24.1 Å². The molecule has 6 nitrogen and oxygen atoms in total. The Labute approximate surface area is 168 Å². The number of thioether (sulfide) groups is 1. The molecular formula is C21H23NO5S. The number of aryl methyl sites for hydroxylation is 1. The van der Waals surface area contributed by atoms with Gasteiger partial charge >= 0.3 is 5.97 Å². The number of nitrogens with zero attached hydrogens (tertiary/aromatic N) is 1. The van der Waals surface area contributed by atoms with Crippen LogP contribution in [0.4, 0.5) is 0 Å². The van der Waals surface area contributed by atoms with Crippen LogP contribution in [0.3, 0.4) is 0 Å². The Morgan fingerprint density at radius 1 is 1.25 bits per heavy atom. The zero-order chi connectivity index (χ0) is 20.5. The van der Waals surface area contributed by atoms with Gasteiger partial charge < -0.3 is 14.7 Å². The molecule has 28 heavy (non-hydrogen) atoms. The van der Waals surface area contributed by atoms with Crippen LogP contribution in [0.1, 0.15) is 30.2 Å². The van der Waals surface area contributed by atoms with Gasteiger partial charge in [0.1, 0.15) is 11.0 Å². The fraction of sp³-hybridized carbons (Fsp3) is 0.238. The molecule has 0 aliphatic carbocycles. The third-order valence-corrected chi connectivity index (χ3v) is 5.22. The zero-order valence-electron chi connectivity index (χ0n) is 16.0. The number of rotatable bonds is 8. The van der Waals surface area contributed by atoms with Crippen molar-refractivity contribution in [1.29, 1.82) is 0 Å². The summed E-state index contributed by atoms with van der Waals surface area (Å²) in [7, 11) is 0. The zero-order valence-corrected chi connectivity index (χ0v) is 16.8. The van der Waals surface area contributed by atoms with E-state index in [-0.39, 0.29) is 17.2 Å². The molecule has 0 bridgehead atoms. The number of carbonyl (C=O) groups excluding carboxylic acids is 1. The number of para-hydroxylation sites is 1. The van der Waals surface area contributed by atoms with Crippen LogP contribution in [-0.4, -0.2) is 28.4 Å². The molecule has 0 saturated heterocycles. The van der Waals surface area contributed by atoms with Crippen molar-refractivity contribution in [1.82, 2.24) is 0 Å². The maximum absolute atomic E-state index is 11.6. The van der Waals surface area contributed by atoms with Crippen molar-refractivity contribution in [3.8, 4) is 5.75 Å². The maximum Gasteiger partial charge on any atom is 0.333 e. The molecule has 0 spiro atoms. The van der Waals surface area contributed by atoms with E-state index in [2.05, 4.69) is 0 Å². The molecule has 0 aromatic heterocycles. The fourth-order valence-corrected chi connectivity index (χ4v) is 3.53. The molecule has 148 valence electrons. The Morgan fingerprint density at radius 2 is 1.93 bits per heavy atom.